The normalized spacial score (nSPS) is 10.5. The molecule has 1 aromatic rings. The van der Waals surface area contributed by atoms with Crippen molar-refractivity contribution in [1.82, 2.24) is 4.98 Å². The Balaban J connectivity index is 3.05. The van der Waals surface area contributed by atoms with E-state index in [2.05, 4.69) is 31.8 Å². The maximum Gasteiger partial charge on any atom is 0.140 e. The number of aromatic nitrogens is 1. The molecule has 0 aliphatic rings. The number of pyridine rings is 1. The molecule has 1 heterocycles. The van der Waals surface area contributed by atoms with Crippen LogP contribution >= 0.6 is 0 Å². The van der Waals surface area contributed by atoms with Gasteiger partial charge in [0, 0.05) is 6.20 Å². The summed E-state index contributed by atoms with van der Waals surface area (Å²) >= 11 is 0. The second-order valence-electron chi connectivity index (χ2n) is 3.43. The van der Waals surface area contributed by atoms with Crippen LogP contribution in [0.1, 0.15) is 37.9 Å². The molecule has 0 bridgehead atoms. The van der Waals surface area contributed by atoms with Crippen molar-refractivity contribution in [3.05, 3.63) is 23.5 Å². The van der Waals surface area contributed by atoms with Gasteiger partial charge in [0.25, 0.3) is 0 Å². The molecule has 0 N–H and O–H groups in total. The second-order valence-corrected chi connectivity index (χ2v) is 3.43. The summed E-state index contributed by atoms with van der Waals surface area (Å²) in [6.45, 7) is 6.39. The van der Waals surface area contributed by atoms with Gasteiger partial charge in [0.05, 0.1) is 12.8 Å². The van der Waals surface area contributed by atoms with Crippen molar-refractivity contribution in [2.75, 3.05) is 7.11 Å². The Morgan fingerprint density at radius 1 is 1.46 bits per heavy atom. The Bertz CT molecular complexity index is 281. The summed E-state index contributed by atoms with van der Waals surface area (Å²) in [7, 11) is 1.69. The first-order chi connectivity index (χ1) is 6.19. The maximum atomic E-state index is 5.26. The Morgan fingerprint density at radius 2 is 2.15 bits per heavy atom. The SMILES string of the molecule is CCc1ncc(C(C)C)cc1OC. The number of hydrogen-bond acceptors (Lipinski definition) is 2. The van der Waals surface area contributed by atoms with E-state index >= 15 is 0 Å². The zero-order valence-corrected chi connectivity index (χ0v) is 8.79. The second kappa shape index (κ2) is 4.26. The molecule has 0 spiro atoms. The van der Waals surface area contributed by atoms with Gasteiger partial charge in [0.1, 0.15) is 5.75 Å². The van der Waals surface area contributed by atoms with E-state index in [-0.39, 0.29) is 0 Å². The Morgan fingerprint density at radius 3 is 2.62 bits per heavy atom. The van der Waals surface area contributed by atoms with Crippen LogP contribution in [0.15, 0.2) is 12.3 Å². The van der Waals surface area contributed by atoms with E-state index in [4.69, 9.17) is 4.74 Å². The number of rotatable bonds is 3. The van der Waals surface area contributed by atoms with E-state index in [1.54, 1.807) is 7.11 Å². The topological polar surface area (TPSA) is 22.1 Å². The molecule has 13 heavy (non-hydrogen) atoms. The van der Waals surface area contributed by atoms with Crippen molar-refractivity contribution < 1.29 is 4.74 Å². The molecule has 1 aromatic heterocycles. The van der Waals surface area contributed by atoms with Crippen LogP contribution in [0.2, 0.25) is 0 Å². The number of methoxy groups -OCH3 is 1. The third-order valence-electron chi connectivity index (χ3n) is 2.17. The van der Waals surface area contributed by atoms with Gasteiger partial charge in [-0.1, -0.05) is 20.8 Å². The van der Waals surface area contributed by atoms with Crippen molar-refractivity contribution in [2.45, 2.75) is 33.1 Å². The van der Waals surface area contributed by atoms with Crippen molar-refractivity contribution in [3.8, 4) is 5.75 Å². The zero-order valence-electron chi connectivity index (χ0n) is 8.79. The van der Waals surface area contributed by atoms with Crippen LogP contribution in [0.4, 0.5) is 0 Å². The number of ether oxygens (including phenoxy) is 1. The number of aryl methyl sites for hydroxylation is 1. The van der Waals surface area contributed by atoms with Crippen molar-refractivity contribution >= 4 is 0 Å². The summed E-state index contributed by atoms with van der Waals surface area (Å²) in [6, 6.07) is 2.08. The van der Waals surface area contributed by atoms with Gasteiger partial charge >= 0.3 is 0 Å². The molecule has 0 unspecified atom stereocenters. The largest absolute Gasteiger partial charge is 0.495 e. The lowest BCUT2D eigenvalue weighted by molar-refractivity contribution is 0.406. The van der Waals surface area contributed by atoms with E-state index < -0.39 is 0 Å². The van der Waals surface area contributed by atoms with Crippen LogP contribution in [0.5, 0.6) is 5.75 Å². The molecule has 0 fully saturated rings. The maximum absolute atomic E-state index is 5.26. The average molecular weight is 179 g/mol. The molecular formula is C11H17NO. The predicted octanol–water partition coefficient (Wildman–Crippen LogP) is 2.78. The summed E-state index contributed by atoms with van der Waals surface area (Å²) < 4.78 is 5.26. The lowest BCUT2D eigenvalue weighted by atomic mass is 10.0. The standard InChI is InChI=1S/C11H17NO/c1-5-10-11(13-4)6-9(7-12-10)8(2)3/h6-8H,5H2,1-4H3. The van der Waals surface area contributed by atoms with Gasteiger partial charge in [-0.15, -0.1) is 0 Å². The van der Waals surface area contributed by atoms with Gasteiger partial charge in [0.2, 0.25) is 0 Å². The summed E-state index contributed by atoms with van der Waals surface area (Å²) in [5, 5.41) is 0. The van der Waals surface area contributed by atoms with E-state index in [1.807, 2.05) is 6.20 Å². The van der Waals surface area contributed by atoms with Crippen molar-refractivity contribution in [1.29, 1.82) is 0 Å². The summed E-state index contributed by atoms with van der Waals surface area (Å²) in [5.74, 6) is 1.42. The van der Waals surface area contributed by atoms with Gasteiger partial charge in [-0.3, -0.25) is 4.98 Å². The molecule has 2 heteroatoms. The molecule has 0 radical (unpaired) electrons. The molecule has 0 atom stereocenters. The predicted molar refractivity (Wildman–Crippen MR) is 54.3 cm³/mol. The van der Waals surface area contributed by atoms with Gasteiger partial charge in [-0.25, -0.2) is 0 Å². The van der Waals surface area contributed by atoms with Crippen LogP contribution in [0.25, 0.3) is 0 Å². The molecule has 2 nitrogen and oxygen atoms in total. The first kappa shape index (κ1) is 10.0. The highest BCUT2D eigenvalue weighted by atomic mass is 16.5. The fourth-order valence-electron chi connectivity index (χ4n) is 1.25. The van der Waals surface area contributed by atoms with E-state index in [0.29, 0.717) is 5.92 Å². The van der Waals surface area contributed by atoms with Gasteiger partial charge in [-0.05, 0) is 24.0 Å². The van der Waals surface area contributed by atoms with Gasteiger partial charge in [0.15, 0.2) is 0 Å². The van der Waals surface area contributed by atoms with Crippen molar-refractivity contribution in [3.63, 3.8) is 0 Å². The summed E-state index contributed by atoms with van der Waals surface area (Å²) in [4.78, 5) is 4.36. The van der Waals surface area contributed by atoms with Crippen LogP contribution in [-0.2, 0) is 6.42 Å². The smallest absolute Gasteiger partial charge is 0.140 e. The molecule has 1 rings (SSSR count). The average Bonchev–Trinajstić information content (AvgIpc) is 2.16. The monoisotopic (exact) mass is 179 g/mol. The van der Waals surface area contributed by atoms with Crippen LogP contribution in [-0.4, -0.2) is 12.1 Å². The van der Waals surface area contributed by atoms with E-state index in [1.165, 1.54) is 5.56 Å². The fourth-order valence-corrected chi connectivity index (χ4v) is 1.25. The quantitative estimate of drug-likeness (QED) is 0.711. The van der Waals surface area contributed by atoms with E-state index in [9.17, 15) is 0 Å². The van der Waals surface area contributed by atoms with Gasteiger partial charge in [-0.2, -0.15) is 0 Å². The molecule has 0 aliphatic heterocycles. The molecule has 0 amide bonds. The Hall–Kier alpha value is -1.05. The molecule has 0 saturated carbocycles. The Labute approximate surface area is 80.0 Å². The third kappa shape index (κ3) is 2.20. The molecule has 0 aliphatic carbocycles. The minimum absolute atomic E-state index is 0.507. The minimum Gasteiger partial charge on any atom is -0.495 e. The molecule has 0 saturated heterocycles. The van der Waals surface area contributed by atoms with Crippen molar-refractivity contribution in [2.24, 2.45) is 0 Å². The lowest BCUT2D eigenvalue weighted by Crippen LogP contribution is -1.97. The lowest BCUT2D eigenvalue weighted by Gasteiger charge is -2.10. The first-order valence-corrected chi connectivity index (χ1v) is 4.71. The third-order valence-corrected chi connectivity index (χ3v) is 2.17. The molecular weight excluding hydrogens is 162 g/mol. The Kier molecular flexibility index (Phi) is 3.29. The fraction of sp³-hybridized carbons (Fsp3) is 0.545. The van der Waals surface area contributed by atoms with Crippen LogP contribution in [0, 0.1) is 0 Å². The number of hydrogen-bond donors (Lipinski definition) is 0. The van der Waals surface area contributed by atoms with Gasteiger partial charge < -0.3 is 4.74 Å². The highest BCUT2D eigenvalue weighted by molar-refractivity contribution is 5.32. The van der Waals surface area contributed by atoms with Crippen LogP contribution in [0.3, 0.4) is 0 Å². The van der Waals surface area contributed by atoms with Crippen LogP contribution < -0.4 is 4.74 Å². The first-order valence-electron chi connectivity index (χ1n) is 4.71. The number of nitrogens with zero attached hydrogens (tertiary/aromatic N) is 1. The molecule has 0 aromatic carbocycles. The minimum atomic E-state index is 0.507. The highest BCUT2D eigenvalue weighted by Crippen LogP contribution is 2.22. The summed E-state index contributed by atoms with van der Waals surface area (Å²) in [6.07, 6.45) is 2.85. The molecule has 72 valence electrons. The highest BCUT2D eigenvalue weighted by Gasteiger charge is 2.06. The summed E-state index contributed by atoms with van der Waals surface area (Å²) in [5.41, 5.74) is 2.26. The zero-order chi connectivity index (χ0) is 9.84. The van der Waals surface area contributed by atoms with E-state index in [0.717, 1.165) is 17.9 Å².